The molecule has 1 unspecified atom stereocenters. The molecule has 3 aromatic carbocycles. The van der Waals surface area contributed by atoms with E-state index in [9.17, 15) is 0 Å². The average molecular weight is 434 g/mol. The second-order valence-electron chi connectivity index (χ2n) is 7.99. The molecule has 0 fully saturated rings. The Hall–Kier alpha value is -2.75. The Morgan fingerprint density at radius 1 is 1.00 bits per heavy atom. The fourth-order valence-electron chi connectivity index (χ4n) is 4.43. The molecular weight excluding hydrogens is 406 g/mol. The Morgan fingerprint density at radius 2 is 1.74 bits per heavy atom. The number of hydrogen-bond donors (Lipinski definition) is 0. The Bertz CT molecular complexity index is 1080. The predicted octanol–water partition coefficient (Wildman–Crippen LogP) is 6.41. The van der Waals surface area contributed by atoms with Gasteiger partial charge < -0.3 is 9.47 Å². The van der Waals surface area contributed by atoms with Gasteiger partial charge in [-0.1, -0.05) is 65.7 Å². The summed E-state index contributed by atoms with van der Waals surface area (Å²) in [5, 5.41) is 0.751. The molecule has 1 atom stereocenters. The van der Waals surface area contributed by atoms with Gasteiger partial charge in [0.05, 0.1) is 20.3 Å². The van der Waals surface area contributed by atoms with Crippen molar-refractivity contribution in [3.8, 4) is 11.5 Å². The van der Waals surface area contributed by atoms with Crippen LogP contribution in [0.4, 0.5) is 0 Å². The molecule has 160 valence electrons. The van der Waals surface area contributed by atoms with Crippen molar-refractivity contribution in [1.82, 2.24) is 4.90 Å². The molecule has 4 heteroatoms. The lowest BCUT2D eigenvalue weighted by Gasteiger charge is -2.38. The smallest absolute Gasteiger partial charge is 0.161 e. The lowest BCUT2D eigenvalue weighted by Crippen LogP contribution is -2.37. The summed E-state index contributed by atoms with van der Waals surface area (Å²) in [7, 11) is 3.37. The quantitative estimate of drug-likeness (QED) is 0.448. The largest absolute Gasteiger partial charge is 0.493 e. The van der Waals surface area contributed by atoms with Gasteiger partial charge in [0.1, 0.15) is 0 Å². The number of nitrogens with zero attached hydrogens (tertiary/aromatic N) is 1. The highest BCUT2D eigenvalue weighted by atomic mass is 35.5. The van der Waals surface area contributed by atoms with Crippen LogP contribution in [0.1, 0.15) is 35.2 Å². The first-order valence-electron chi connectivity index (χ1n) is 10.6. The van der Waals surface area contributed by atoms with Crippen molar-refractivity contribution in [2.24, 2.45) is 0 Å². The molecule has 0 spiro atoms. The van der Waals surface area contributed by atoms with Crippen LogP contribution in [0.2, 0.25) is 5.02 Å². The van der Waals surface area contributed by atoms with Gasteiger partial charge in [-0.3, -0.25) is 4.90 Å². The molecule has 0 saturated heterocycles. The summed E-state index contributed by atoms with van der Waals surface area (Å²) in [6.45, 7) is 4.03. The first-order valence-corrected chi connectivity index (χ1v) is 10.9. The molecule has 3 aromatic rings. The minimum absolute atomic E-state index is 0.0985. The lowest BCUT2D eigenvalue weighted by atomic mass is 9.87. The van der Waals surface area contributed by atoms with Crippen molar-refractivity contribution >= 4 is 17.7 Å². The zero-order chi connectivity index (χ0) is 21.8. The molecule has 1 heterocycles. The third-order valence-electron chi connectivity index (χ3n) is 5.80. The fraction of sp³-hybridized carbons (Fsp3) is 0.259. The summed E-state index contributed by atoms with van der Waals surface area (Å²) in [6, 6.07) is 23.0. The molecule has 31 heavy (non-hydrogen) atoms. The maximum absolute atomic E-state index is 6.38. The van der Waals surface area contributed by atoms with Crippen LogP contribution in [0.25, 0.3) is 6.08 Å². The summed E-state index contributed by atoms with van der Waals surface area (Å²) in [4.78, 5) is 2.52. The van der Waals surface area contributed by atoms with E-state index in [0.717, 1.165) is 36.0 Å². The average Bonchev–Trinajstić information content (AvgIpc) is 2.78. The van der Waals surface area contributed by atoms with E-state index in [1.807, 2.05) is 18.2 Å². The number of rotatable bonds is 6. The maximum atomic E-state index is 6.38. The first-order chi connectivity index (χ1) is 15.1. The summed E-state index contributed by atoms with van der Waals surface area (Å²) < 4.78 is 11.2. The monoisotopic (exact) mass is 433 g/mol. The highest BCUT2D eigenvalue weighted by molar-refractivity contribution is 6.30. The number of ether oxygens (including phenoxy) is 2. The molecule has 0 amide bonds. The number of methoxy groups -OCH3 is 2. The molecule has 4 rings (SSSR count). The molecule has 1 aliphatic rings. The predicted molar refractivity (Wildman–Crippen MR) is 128 cm³/mol. The second kappa shape index (κ2) is 9.59. The van der Waals surface area contributed by atoms with E-state index in [2.05, 4.69) is 66.4 Å². The van der Waals surface area contributed by atoms with Crippen molar-refractivity contribution in [1.29, 1.82) is 0 Å². The molecule has 3 nitrogen and oxygen atoms in total. The minimum Gasteiger partial charge on any atom is -0.493 e. The maximum Gasteiger partial charge on any atom is 0.161 e. The number of benzene rings is 3. The molecule has 0 saturated carbocycles. The van der Waals surface area contributed by atoms with Gasteiger partial charge in [0.25, 0.3) is 0 Å². The van der Waals surface area contributed by atoms with Crippen molar-refractivity contribution in [2.75, 3.05) is 27.3 Å². The van der Waals surface area contributed by atoms with Crippen LogP contribution in [0, 0.1) is 0 Å². The Kier molecular flexibility index (Phi) is 6.64. The van der Waals surface area contributed by atoms with Crippen molar-refractivity contribution < 1.29 is 9.47 Å². The first kappa shape index (κ1) is 21.5. The van der Waals surface area contributed by atoms with Crippen LogP contribution in [-0.4, -0.2) is 32.2 Å². The third kappa shape index (κ3) is 4.79. The molecule has 0 aromatic heterocycles. The van der Waals surface area contributed by atoms with E-state index in [1.54, 1.807) is 14.2 Å². The number of hydrogen-bond acceptors (Lipinski definition) is 3. The van der Waals surface area contributed by atoms with E-state index in [4.69, 9.17) is 21.1 Å². The summed E-state index contributed by atoms with van der Waals surface area (Å²) in [6.07, 6.45) is 3.23. The van der Waals surface area contributed by atoms with E-state index < -0.39 is 0 Å². The van der Waals surface area contributed by atoms with Crippen molar-refractivity contribution in [2.45, 2.75) is 19.4 Å². The van der Waals surface area contributed by atoms with E-state index in [0.29, 0.717) is 0 Å². The third-order valence-corrected chi connectivity index (χ3v) is 6.04. The van der Waals surface area contributed by atoms with Gasteiger partial charge in [-0.05, 0) is 59.9 Å². The van der Waals surface area contributed by atoms with E-state index >= 15 is 0 Å². The molecule has 1 aliphatic heterocycles. The van der Waals surface area contributed by atoms with Crippen molar-refractivity contribution in [3.63, 3.8) is 0 Å². The molecule has 0 aliphatic carbocycles. The Morgan fingerprint density at radius 3 is 2.45 bits per heavy atom. The molecule has 0 N–H and O–H groups in total. The zero-order valence-corrected chi connectivity index (χ0v) is 19.0. The van der Waals surface area contributed by atoms with Gasteiger partial charge in [-0.2, -0.15) is 0 Å². The zero-order valence-electron chi connectivity index (χ0n) is 18.3. The number of halogens is 1. The highest BCUT2D eigenvalue weighted by Crippen LogP contribution is 2.41. The standard InChI is InChI=1S/C27H28ClNO2/c1-19(14-20-8-5-4-6-9-20)18-29-13-12-21-16-25(30-2)26(31-3)17-24(21)27(29)22-10-7-11-23(28)15-22/h4-11,14-17,27H,12-13,18H2,1-3H3/b19-14+. The van der Waals surface area contributed by atoms with E-state index in [1.165, 1.54) is 27.8 Å². The Labute approximate surface area is 189 Å². The summed E-state index contributed by atoms with van der Waals surface area (Å²) in [5.74, 6) is 1.53. The van der Waals surface area contributed by atoms with Gasteiger partial charge in [0.2, 0.25) is 0 Å². The minimum atomic E-state index is 0.0985. The second-order valence-corrected chi connectivity index (χ2v) is 8.42. The van der Waals surface area contributed by atoms with Gasteiger partial charge in [0, 0.05) is 18.1 Å². The van der Waals surface area contributed by atoms with Gasteiger partial charge in [0.15, 0.2) is 11.5 Å². The summed E-state index contributed by atoms with van der Waals surface area (Å²) in [5.41, 5.74) is 6.28. The van der Waals surface area contributed by atoms with Crippen LogP contribution in [0.3, 0.4) is 0 Å². The summed E-state index contributed by atoms with van der Waals surface area (Å²) >= 11 is 6.38. The van der Waals surface area contributed by atoms with Crippen LogP contribution < -0.4 is 9.47 Å². The normalized spacial score (nSPS) is 16.6. The molecule has 0 radical (unpaired) electrons. The SMILES string of the molecule is COc1cc2c(cc1OC)C(c1cccc(Cl)c1)N(C/C(C)=C/c1ccccc1)CC2. The van der Waals surface area contributed by atoms with Gasteiger partial charge in [-0.15, -0.1) is 0 Å². The van der Waals surface area contributed by atoms with Gasteiger partial charge in [-0.25, -0.2) is 0 Å². The van der Waals surface area contributed by atoms with Crippen LogP contribution in [-0.2, 0) is 6.42 Å². The van der Waals surface area contributed by atoms with E-state index in [-0.39, 0.29) is 6.04 Å². The van der Waals surface area contributed by atoms with Gasteiger partial charge >= 0.3 is 0 Å². The molecule has 0 bridgehead atoms. The fourth-order valence-corrected chi connectivity index (χ4v) is 4.63. The van der Waals surface area contributed by atoms with Crippen LogP contribution in [0.15, 0.2) is 72.3 Å². The van der Waals surface area contributed by atoms with Crippen LogP contribution in [0.5, 0.6) is 11.5 Å². The van der Waals surface area contributed by atoms with Crippen molar-refractivity contribution in [3.05, 3.63) is 99.6 Å². The topological polar surface area (TPSA) is 21.7 Å². The number of fused-ring (bicyclic) bond motifs is 1. The van der Waals surface area contributed by atoms with Crippen LogP contribution >= 0.6 is 11.6 Å². The molecular formula is C27H28ClNO2. The highest BCUT2D eigenvalue weighted by Gasteiger charge is 2.30. The Balaban J connectivity index is 1.74. The lowest BCUT2D eigenvalue weighted by molar-refractivity contribution is 0.231.